The van der Waals surface area contributed by atoms with E-state index >= 15 is 0 Å². The molecule has 0 N–H and O–H groups in total. The van der Waals surface area contributed by atoms with Gasteiger partial charge in [-0.2, -0.15) is 0 Å². The summed E-state index contributed by atoms with van der Waals surface area (Å²) in [5, 5.41) is 3.77. The molecule has 130 valence electrons. The minimum Gasteiger partial charge on any atom is -0.465 e. The van der Waals surface area contributed by atoms with E-state index in [0.29, 0.717) is 11.3 Å². The van der Waals surface area contributed by atoms with E-state index in [1.54, 1.807) is 41.5 Å². The lowest BCUT2D eigenvalue weighted by Crippen LogP contribution is -2.27. The molecule has 0 aromatic heterocycles. The van der Waals surface area contributed by atoms with Crippen molar-refractivity contribution in [3.63, 3.8) is 0 Å². The van der Waals surface area contributed by atoms with Crippen molar-refractivity contribution in [1.82, 2.24) is 0 Å². The minimum atomic E-state index is -0.671. The zero-order valence-electron chi connectivity index (χ0n) is 14.1. The molecule has 1 aromatic rings. The van der Waals surface area contributed by atoms with E-state index in [1.807, 2.05) is 6.07 Å². The number of carbonyl (C=O) groups is 2. The highest BCUT2D eigenvalue weighted by Gasteiger charge is 2.28. The van der Waals surface area contributed by atoms with Gasteiger partial charge in [0.15, 0.2) is 0 Å². The molecule has 0 atom stereocenters. The minimum absolute atomic E-state index is 0.0395. The third kappa shape index (κ3) is 3.95. The first kappa shape index (κ1) is 18.0. The smallest absolute Gasteiger partial charge is 0.355 e. The van der Waals surface area contributed by atoms with Crippen LogP contribution in [0.2, 0.25) is 0 Å². The van der Waals surface area contributed by atoms with E-state index in [1.165, 1.54) is 33.6 Å². The van der Waals surface area contributed by atoms with Crippen molar-refractivity contribution >= 4 is 23.8 Å². The van der Waals surface area contributed by atoms with E-state index in [4.69, 9.17) is 14.3 Å². The van der Waals surface area contributed by atoms with Gasteiger partial charge in [-0.05, 0) is 18.2 Å². The largest absolute Gasteiger partial charge is 0.465 e. The molecule has 0 fully saturated rings. The normalized spacial score (nSPS) is 13.8. The zero-order chi connectivity index (χ0) is 18.2. The fraction of sp³-hybridized carbons (Fsp3) is 0.167. The predicted molar refractivity (Wildman–Crippen MR) is 92.9 cm³/mol. The molecule has 2 rings (SSSR count). The van der Waals surface area contributed by atoms with Gasteiger partial charge in [-0.25, -0.2) is 9.59 Å². The number of hydrogen-bond acceptors (Lipinski definition) is 7. The van der Waals surface area contributed by atoms with Crippen LogP contribution >= 0.6 is 0 Å². The topological polar surface area (TPSA) is 77.4 Å². The molecule has 0 radical (unpaired) electrons. The summed E-state index contributed by atoms with van der Waals surface area (Å²) in [6.45, 7) is 0. The van der Waals surface area contributed by atoms with Crippen LogP contribution in [0.1, 0.15) is 5.56 Å². The van der Waals surface area contributed by atoms with Gasteiger partial charge in [-0.1, -0.05) is 29.4 Å². The van der Waals surface area contributed by atoms with Crippen LogP contribution < -0.4 is 4.90 Å². The number of benzene rings is 1. The molecule has 1 heterocycles. The number of anilines is 1. The quantitative estimate of drug-likeness (QED) is 0.464. The summed E-state index contributed by atoms with van der Waals surface area (Å²) in [5.74, 6) is -1.32. The SMILES string of the molecule is CON=Cc1ccccc1N1C=CC=CC(C(=O)OC)=C1C(=O)OC. The van der Waals surface area contributed by atoms with E-state index in [0.717, 1.165) is 0 Å². The Morgan fingerprint density at radius 3 is 2.44 bits per heavy atom. The second-order valence-corrected chi connectivity index (χ2v) is 4.79. The van der Waals surface area contributed by atoms with Crippen LogP contribution in [-0.4, -0.2) is 39.5 Å². The van der Waals surface area contributed by atoms with Gasteiger partial charge in [0, 0.05) is 11.8 Å². The van der Waals surface area contributed by atoms with Crippen LogP contribution in [0.5, 0.6) is 0 Å². The van der Waals surface area contributed by atoms with Gasteiger partial charge in [0.25, 0.3) is 0 Å². The van der Waals surface area contributed by atoms with Crippen LogP contribution in [0, 0.1) is 0 Å². The predicted octanol–water partition coefficient (Wildman–Crippen LogP) is 2.16. The maximum atomic E-state index is 12.4. The summed E-state index contributed by atoms with van der Waals surface area (Å²) in [4.78, 5) is 30.8. The van der Waals surface area contributed by atoms with E-state index in [9.17, 15) is 9.59 Å². The summed E-state index contributed by atoms with van der Waals surface area (Å²) in [6, 6.07) is 7.21. The second-order valence-electron chi connectivity index (χ2n) is 4.79. The average Bonchev–Trinajstić information content (AvgIpc) is 2.88. The highest BCUT2D eigenvalue weighted by Crippen LogP contribution is 2.28. The van der Waals surface area contributed by atoms with Gasteiger partial charge in [-0.3, -0.25) is 0 Å². The van der Waals surface area contributed by atoms with Gasteiger partial charge >= 0.3 is 11.9 Å². The molecular formula is C18H18N2O5. The summed E-state index contributed by atoms with van der Waals surface area (Å²) < 4.78 is 9.66. The molecule has 0 unspecified atom stereocenters. The van der Waals surface area contributed by atoms with E-state index in [-0.39, 0.29) is 11.3 Å². The Morgan fingerprint density at radius 1 is 1.04 bits per heavy atom. The first-order valence-electron chi connectivity index (χ1n) is 7.34. The van der Waals surface area contributed by atoms with Crippen LogP contribution in [0.15, 0.2) is 65.1 Å². The molecule has 1 aliphatic heterocycles. The maximum absolute atomic E-state index is 12.4. The second kappa shape index (κ2) is 8.49. The van der Waals surface area contributed by atoms with Crippen molar-refractivity contribution in [1.29, 1.82) is 0 Å². The number of rotatable bonds is 5. The van der Waals surface area contributed by atoms with Gasteiger partial charge in [0.05, 0.1) is 31.7 Å². The molecule has 0 saturated heterocycles. The maximum Gasteiger partial charge on any atom is 0.355 e. The molecule has 0 saturated carbocycles. The van der Waals surface area contributed by atoms with Crippen molar-refractivity contribution in [3.8, 4) is 0 Å². The monoisotopic (exact) mass is 342 g/mol. The lowest BCUT2D eigenvalue weighted by Gasteiger charge is -2.24. The number of methoxy groups -OCH3 is 2. The van der Waals surface area contributed by atoms with E-state index < -0.39 is 11.9 Å². The number of allylic oxidation sites excluding steroid dienone is 2. The molecule has 0 spiro atoms. The van der Waals surface area contributed by atoms with Crippen LogP contribution in [0.4, 0.5) is 5.69 Å². The molecule has 7 heteroatoms. The Morgan fingerprint density at radius 2 is 1.76 bits per heavy atom. The molecule has 0 bridgehead atoms. The lowest BCUT2D eigenvalue weighted by molar-refractivity contribution is -0.139. The van der Waals surface area contributed by atoms with Crippen molar-refractivity contribution in [2.24, 2.45) is 5.16 Å². The summed E-state index contributed by atoms with van der Waals surface area (Å²) in [7, 11) is 3.93. The van der Waals surface area contributed by atoms with Crippen molar-refractivity contribution in [2.45, 2.75) is 0 Å². The van der Waals surface area contributed by atoms with Crippen molar-refractivity contribution in [3.05, 3.63) is 65.5 Å². The molecule has 1 aromatic carbocycles. The number of para-hydroxylation sites is 1. The first-order chi connectivity index (χ1) is 12.1. The Labute approximate surface area is 145 Å². The molecule has 1 aliphatic rings. The summed E-state index contributed by atoms with van der Waals surface area (Å²) in [6.07, 6.45) is 8.00. The Balaban J connectivity index is 2.68. The van der Waals surface area contributed by atoms with E-state index in [2.05, 4.69) is 5.16 Å². The number of hydrogen-bond donors (Lipinski definition) is 0. The zero-order valence-corrected chi connectivity index (χ0v) is 14.1. The van der Waals surface area contributed by atoms with Gasteiger partial charge in [0.1, 0.15) is 12.8 Å². The number of nitrogens with zero attached hydrogens (tertiary/aromatic N) is 2. The lowest BCUT2D eigenvalue weighted by atomic mass is 10.1. The standard InChI is InChI=1S/C18H18N2O5/c1-23-17(21)14-9-6-7-11-20(16(14)18(22)24-2)15-10-5-4-8-13(15)12-19-25-3/h4-12H,1-3H3. The highest BCUT2D eigenvalue weighted by atomic mass is 16.6. The molecule has 0 amide bonds. The third-order valence-electron chi connectivity index (χ3n) is 3.38. The molecule has 25 heavy (non-hydrogen) atoms. The number of oxime groups is 1. The fourth-order valence-corrected chi connectivity index (χ4v) is 2.28. The number of carbonyl (C=O) groups excluding carboxylic acids is 2. The van der Waals surface area contributed by atoms with Gasteiger partial charge in [-0.15, -0.1) is 0 Å². The van der Waals surface area contributed by atoms with Crippen LogP contribution in [-0.2, 0) is 23.9 Å². The summed E-state index contributed by atoms with van der Waals surface area (Å²) >= 11 is 0. The Kier molecular flexibility index (Phi) is 6.11. The van der Waals surface area contributed by atoms with Crippen molar-refractivity contribution < 1.29 is 23.9 Å². The van der Waals surface area contributed by atoms with Crippen molar-refractivity contribution in [2.75, 3.05) is 26.2 Å². The first-order valence-corrected chi connectivity index (χ1v) is 7.34. The molecule has 0 aliphatic carbocycles. The van der Waals surface area contributed by atoms with Crippen LogP contribution in [0.25, 0.3) is 0 Å². The van der Waals surface area contributed by atoms with Gasteiger partial charge in [0.2, 0.25) is 0 Å². The summed E-state index contributed by atoms with van der Waals surface area (Å²) in [5.41, 5.74) is 1.42. The molecular weight excluding hydrogens is 324 g/mol. The average molecular weight is 342 g/mol. The Bertz CT molecular complexity index is 777. The number of ether oxygens (including phenoxy) is 2. The fourth-order valence-electron chi connectivity index (χ4n) is 2.28. The number of esters is 2. The molecule has 7 nitrogen and oxygen atoms in total. The van der Waals surface area contributed by atoms with Gasteiger partial charge < -0.3 is 19.2 Å². The van der Waals surface area contributed by atoms with Crippen LogP contribution in [0.3, 0.4) is 0 Å². The third-order valence-corrected chi connectivity index (χ3v) is 3.38. The highest BCUT2D eigenvalue weighted by molar-refractivity contribution is 6.06. The Hall–Kier alpha value is -3.35.